The molecule has 3 N–H and O–H groups in total. The molecule has 5 heteroatoms. The Morgan fingerprint density at radius 3 is 2.47 bits per heavy atom. The van der Waals surface area contributed by atoms with Crippen molar-refractivity contribution in [2.75, 3.05) is 5.73 Å². The van der Waals surface area contributed by atoms with Crippen LogP contribution in [0.2, 0.25) is 0 Å². The highest BCUT2D eigenvalue weighted by atomic mass is 19.2. The molecule has 0 radical (unpaired) electrons. The zero-order valence-electron chi connectivity index (χ0n) is 8.01. The molecule has 1 aromatic carbocycles. The fourth-order valence-electron chi connectivity index (χ4n) is 1.45. The first-order chi connectivity index (χ1) is 7.09. The lowest BCUT2D eigenvalue weighted by molar-refractivity contribution is 0.508. The molecule has 0 saturated heterocycles. The number of hydrogen-bond acceptors (Lipinski definition) is 2. The second-order valence-electron chi connectivity index (χ2n) is 3.28. The van der Waals surface area contributed by atoms with E-state index in [-0.39, 0.29) is 0 Å². The zero-order chi connectivity index (χ0) is 11.0. The number of nitrogens with two attached hydrogens (primary N) is 1. The molecule has 0 amide bonds. The molecule has 78 valence electrons. The van der Waals surface area contributed by atoms with E-state index in [9.17, 15) is 8.78 Å². The van der Waals surface area contributed by atoms with E-state index < -0.39 is 11.6 Å². The van der Waals surface area contributed by atoms with Crippen molar-refractivity contribution in [3.8, 4) is 11.1 Å². The molecule has 0 atom stereocenters. The highest BCUT2D eigenvalue weighted by Gasteiger charge is 2.11. The number of halogens is 2. The molecule has 0 unspecified atom stereocenters. The molecule has 2 rings (SSSR count). The summed E-state index contributed by atoms with van der Waals surface area (Å²) in [5, 5.41) is 6.27. The summed E-state index contributed by atoms with van der Waals surface area (Å²) in [6, 6.07) is 2.25. The van der Waals surface area contributed by atoms with Gasteiger partial charge in [-0.3, -0.25) is 5.10 Å². The normalized spacial score (nSPS) is 10.6. The summed E-state index contributed by atoms with van der Waals surface area (Å²) < 4.78 is 25.9. The highest BCUT2D eigenvalue weighted by molar-refractivity contribution is 5.75. The summed E-state index contributed by atoms with van der Waals surface area (Å²) >= 11 is 0. The quantitative estimate of drug-likeness (QED) is 0.756. The molecule has 1 aromatic heterocycles. The number of H-pyrrole nitrogens is 1. The van der Waals surface area contributed by atoms with Gasteiger partial charge in [0.25, 0.3) is 0 Å². The molecule has 0 bridgehead atoms. The summed E-state index contributed by atoms with van der Waals surface area (Å²) in [6.45, 7) is 1.68. The lowest BCUT2D eigenvalue weighted by Crippen LogP contribution is -1.93. The maximum Gasteiger partial charge on any atom is 0.159 e. The minimum atomic E-state index is -0.892. The Bertz CT molecular complexity index is 505. The summed E-state index contributed by atoms with van der Waals surface area (Å²) in [7, 11) is 0. The second kappa shape index (κ2) is 3.34. The third-order valence-electron chi connectivity index (χ3n) is 2.23. The number of nitrogens with one attached hydrogen (secondary N) is 1. The molecule has 15 heavy (non-hydrogen) atoms. The van der Waals surface area contributed by atoms with E-state index in [1.807, 2.05) is 0 Å². The summed E-state index contributed by atoms with van der Waals surface area (Å²) in [5.74, 6) is -1.42. The fraction of sp³-hybridized carbons (Fsp3) is 0.100. The van der Waals surface area contributed by atoms with E-state index in [1.54, 1.807) is 6.92 Å². The van der Waals surface area contributed by atoms with E-state index in [0.717, 1.165) is 12.1 Å². The van der Waals surface area contributed by atoms with E-state index >= 15 is 0 Å². The number of aromatic nitrogens is 2. The fourth-order valence-corrected chi connectivity index (χ4v) is 1.45. The molecule has 0 fully saturated rings. The number of nitrogen functional groups attached to an aromatic ring is 1. The Morgan fingerprint density at radius 2 is 1.87 bits per heavy atom. The molecule has 3 nitrogen and oxygen atoms in total. The molecular formula is C10H9F2N3. The van der Waals surface area contributed by atoms with Crippen LogP contribution in [-0.2, 0) is 0 Å². The van der Waals surface area contributed by atoms with Crippen molar-refractivity contribution in [3.05, 3.63) is 35.5 Å². The maximum atomic E-state index is 13.0. The van der Waals surface area contributed by atoms with Crippen molar-refractivity contribution in [3.63, 3.8) is 0 Å². The van der Waals surface area contributed by atoms with Gasteiger partial charge in [0.1, 0.15) is 5.82 Å². The second-order valence-corrected chi connectivity index (χ2v) is 3.28. The van der Waals surface area contributed by atoms with Gasteiger partial charge in [-0.1, -0.05) is 0 Å². The van der Waals surface area contributed by atoms with E-state index in [0.29, 0.717) is 22.5 Å². The Morgan fingerprint density at radius 1 is 1.20 bits per heavy atom. The van der Waals surface area contributed by atoms with Gasteiger partial charge in [0.2, 0.25) is 0 Å². The Kier molecular flexibility index (Phi) is 2.15. The topological polar surface area (TPSA) is 54.7 Å². The van der Waals surface area contributed by atoms with Gasteiger partial charge in [0, 0.05) is 5.56 Å². The molecule has 0 aliphatic carbocycles. The van der Waals surface area contributed by atoms with Gasteiger partial charge in [-0.15, -0.1) is 0 Å². The van der Waals surface area contributed by atoms with Gasteiger partial charge >= 0.3 is 0 Å². The summed E-state index contributed by atoms with van der Waals surface area (Å²) in [5.41, 5.74) is 7.33. The molecular weight excluding hydrogens is 200 g/mol. The zero-order valence-corrected chi connectivity index (χ0v) is 8.01. The van der Waals surface area contributed by atoms with E-state index in [1.165, 1.54) is 6.20 Å². The maximum absolute atomic E-state index is 13.0. The SMILES string of the molecule is Cc1cc(F)c(F)cc1-c1cn[nH]c1N. The average Bonchev–Trinajstić information content (AvgIpc) is 2.58. The molecule has 0 aliphatic heterocycles. The third kappa shape index (κ3) is 1.56. The number of aromatic amines is 1. The Labute approximate surface area is 84.9 Å². The van der Waals surface area contributed by atoms with Crippen molar-refractivity contribution >= 4 is 5.82 Å². The molecule has 0 saturated carbocycles. The van der Waals surface area contributed by atoms with Gasteiger partial charge in [0.05, 0.1) is 6.20 Å². The number of aryl methyl sites for hydroxylation is 1. The first-order valence-electron chi connectivity index (χ1n) is 4.34. The predicted octanol–water partition coefficient (Wildman–Crippen LogP) is 2.25. The standard InChI is InChI=1S/C10H9F2N3/c1-5-2-8(11)9(12)3-6(5)7-4-14-15-10(7)13/h2-4H,1H3,(H3,13,14,15). The van der Waals surface area contributed by atoms with Crippen molar-refractivity contribution < 1.29 is 8.78 Å². The first kappa shape index (κ1) is 9.64. The smallest absolute Gasteiger partial charge is 0.159 e. The summed E-state index contributed by atoms with van der Waals surface area (Å²) in [4.78, 5) is 0. The van der Waals surface area contributed by atoms with Crippen LogP contribution in [0.4, 0.5) is 14.6 Å². The van der Waals surface area contributed by atoms with Crippen LogP contribution in [0.1, 0.15) is 5.56 Å². The Hall–Kier alpha value is -1.91. The van der Waals surface area contributed by atoms with Crippen LogP contribution in [0.3, 0.4) is 0 Å². The largest absolute Gasteiger partial charge is 0.384 e. The van der Waals surface area contributed by atoms with Gasteiger partial charge in [-0.05, 0) is 30.2 Å². The van der Waals surface area contributed by atoms with Crippen molar-refractivity contribution in [2.45, 2.75) is 6.92 Å². The van der Waals surface area contributed by atoms with Crippen LogP contribution in [0, 0.1) is 18.6 Å². The van der Waals surface area contributed by atoms with Crippen LogP contribution in [0.15, 0.2) is 18.3 Å². The van der Waals surface area contributed by atoms with Gasteiger partial charge < -0.3 is 5.73 Å². The molecule has 0 spiro atoms. The number of anilines is 1. The number of hydrogen-bond donors (Lipinski definition) is 2. The van der Waals surface area contributed by atoms with E-state index in [4.69, 9.17) is 5.73 Å². The minimum absolute atomic E-state index is 0.337. The van der Waals surface area contributed by atoms with Crippen molar-refractivity contribution in [2.24, 2.45) is 0 Å². The lowest BCUT2D eigenvalue weighted by atomic mass is 10.0. The van der Waals surface area contributed by atoms with E-state index in [2.05, 4.69) is 10.2 Å². The molecule has 0 aliphatic rings. The highest BCUT2D eigenvalue weighted by Crippen LogP contribution is 2.28. The number of benzene rings is 1. The van der Waals surface area contributed by atoms with Gasteiger partial charge in [-0.2, -0.15) is 5.10 Å². The van der Waals surface area contributed by atoms with Crippen LogP contribution in [0.25, 0.3) is 11.1 Å². The third-order valence-corrected chi connectivity index (χ3v) is 2.23. The van der Waals surface area contributed by atoms with Crippen LogP contribution in [0.5, 0.6) is 0 Å². The number of rotatable bonds is 1. The van der Waals surface area contributed by atoms with Crippen LogP contribution < -0.4 is 5.73 Å². The van der Waals surface area contributed by atoms with Crippen molar-refractivity contribution in [1.29, 1.82) is 0 Å². The Balaban J connectivity index is 2.64. The average molecular weight is 209 g/mol. The predicted molar refractivity (Wildman–Crippen MR) is 53.1 cm³/mol. The first-order valence-corrected chi connectivity index (χ1v) is 4.34. The summed E-state index contributed by atoms with van der Waals surface area (Å²) in [6.07, 6.45) is 1.48. The lowest BCUT2D eigenvalue weighted by Gasteiger charge is -2.05. The minimum Gasteiger partial charge on any atom is -0.384 e. The van der Waals surface area contributed by atoms with Gasteiger partial charge in [-0.25, -0.2) is 8.78 Å². The van der Waals surface area contributed by atoms with Gasteiger partial charge in [0.15, 0.2) is 11.6 Å². The van der Waals surface area contributed by atoms with Crippen LogP contribution in [-0.4, -0.2) is 10.2 Å². The number of nitrogens with zero attached hydrogens (tertiary/aromatic N) is 1. The van der Waals surface area contributed by atoms with Crippen molar-refractivity contribution in [1.82, 2.24) is 10.2 Å². The molecule has 1 heterocycles. The molecule has 2 aromatic rings. The monoisotopic (exact) mass is 209 g/mol. The van der Waals surface area contributed by atoms with Crippen LogP contribution >= 0.6 is 0 Å².